The Kier molecular flexibility index (Phi) is 5.19. The van der Waals surface area contributed by atoms with Gasteiger partial charge >= 0.3 is 0 Å². The first-order chi connectivity index (χ1) is 9.48. The van der Waals surface area contributed by atoms with E-state index in [0.29, 0.717) is 30.7 Å². The molecular weight excluding hydrogens is 344 g/mol. The standard InChI is InChI=1S/C13H19BrN2O3S/c1-2-11-9-16(5-6-19-11)20(17,18)13-4-3-10(8-15)7-12(13)14/h3-4,7,11H,2,5-6,8-9,15H2,1H3. The summed E-state index contributed by atoms with van der Waals surface area (Å²) in [6, 6.07) is 5.11. The van der Waals surface area contributed by atoms with Crippen LogP contribution in [-0.2, 0) is 21.3 Å². The van der Waals surface area contributed by atoms with E-state index in [4.69, 9.17) is 10.5 Å². The van der Waals surface area contributed by atoms with Crippen molar-refractivity contribution in [3.05, 3.63) is 28.2 Å². The summed E-state index contributed by atoms with van der Waals surface area (Å²) in [6.07, 6.45) is 0.778. The SMILES string of the molecule is CCC1CN(S(=O)(=O)c2ccc(CN)cc2Br)CCO1. The van der Waals surface area contributed by atoms with Crippen LogP contribution in [0.3, 0.4) is 0 Å². The van der Waals surface area contributed by atoms with Crippen LogP contribution in [0.4, 0.5) is 0 Å². The number of nitrogens with zero attached hydrogens (tertiary/aromatic N) is 1. The normalized spacial score (nSPS) is 21.1. The van der Waals surface area contributed by atoms with Gasteiger partial charge in [0.2, 0.25) is 10.0 Å². The topological polar surface area (TPSA) is 72.6 Å². The highest BCUT2D eigenvalue weighted by molar-refractivity contribution is 9.10. The van der Waals surface area contributed by atoms with E-state index in [1.54, 1.807) is 18.2 Å². The average Bonchev–Trinajstić information content (AvgIpc) is 2.46. The van der Waals surface area contributed by atoms with Crippen LogP contribution < -0.4 is 5.73 Å². The lowest BCUT2D eigenvalue weighted by Crippen LogP contribution is -2.45. The number of hydrogen-bond donors (Lipinski definition) is 1. The van der Waals surface area contributed by atoms with Gasteiger partial charge in [-0.2, -0.15) is 4.31 Å². The van der Waals surface area contributed by atoms with E-state index < -0.39 is 10.0 Å². The van der Waals surface area contributed by atoms with Gasteiger partial charge in [0.05, 0.1) is 17.6 Å². The minimum Gasteiger partial charge on any atom is -0.375 e. The lowest BCUT2D eigenvalue weighted by Gasteiger charge is -2.31. The van der Waals surface area contributed by atoms with Crippen LogP contribution in [0.2, 0.25) is 0 Å². The molecule has 7 heteroatoms. The largest absolute Gasteiger partial charge is 0.375 e. The number of halogens is 1. The summed E-state index contributed by atoms with van der Waals surface area (Å²) in [5, 5.41) is 0. The number of ether oxygens (including phenoxy) is 1. The van der Waals surface area contributed by atoms with Gasteiger partial charge in [0.15, 0.2) is 0 Å². The monoisotopic (exact) mass is 362 g/mol. The van der Waals surface area contributed by atoms with Gasteiger partial charge in [0.1, 0.15) is 0 Å². The number of hydrogen-bond acceptors (Lipinski definition) is 4. The molecule has 0 amide bonds. The molecule has 1 aromatic rings. The van der Waals surface area contributed by atoms with E-state index in [9.17, 15) is 8.42 Å². The third-order valence-electron chi connectivity index (χ3n) is 3.41. The highest BCUT2D eigenvalue weighted by Gasteiger charge is 2.31. The second-order valence-electron chi connectivity index (χ2n) is 4.73. The van der Waals surface area contributed by atoms with Gasteiger partial charge in [0.25, 0.3) is 0 Å². The molecule has 0 saturated carbocycles. The van der Waals surface area contributed by atoms with Gasteiger partial charge in [-0.1, -0.05) is 13.0 Å². The van der Waals surface area contributed by atoms with Crippen LogP contribution in [0.5, 0.6) is 0 Å². The molecule has 5 nitrogen and oxygen atoms in total. The molecule has 1 aliphatic rings. The zero-order valence-corrected chi connectivity index (χ0v) is 13.8. The van der Waals surface area contributed by atoms with Crippen LogP contribution >= 0.6 is 15.9 Å². The van der Waals surface area contributed by atoms with Gasteiger partial charge in [-0.3, -0.25) is 0 Å². The number of nitrogens with two attached hydrogens (primary N) is 1. The molecule has 1 heterocycles. The quantitative estimate of drug-likeness (QED) is 0.884. The van der Waals surface area contributed by atoms with E-state index in [1.165, 1.54) is 4.31 Å². The average molecular weight is 363 g/mol. The summed E-state index contributed by atoms with van der Waals surface area (Å²) in [5.41, 5.74) is 6.45. The van der Waals surface area contributed by atoms with Crippen LogP contribution in [0, 0.1) is 0 Å². The molecule has 1 atom stereocenters. The molecule has 1 unspecified atom stereocenters. The fraction of sp³-hybridized carbons (Fsp3) is 0.538. The van der Waals surface area contributed by atoms with Crippen molar-refractivity contribution >= 4 is 26.0 Å². The van der Waals surface area contributed by atoms with Gasteiger partial charge in [0, 0.05) is 24.1 Å². The molecule has 0 aliphatic carbocycles. The summed E-state index contributed by atoms with van der Waals surface area (Å²) in [6.45, 7) is 3.62. The van der Waals surface area contributed by atoms with E-state index in [0.717, 1.165) is 12.0 Å². The number of morpholine rings is 1. The highest BCUT2D eigenvalue weighted by atomic mass is 79.9. The lowest BCUT2D eigenvalue weighted by atomic mass is 10.2. The number of rotatable bonds is 4. The maximum absolute atomic E-state index is 12.7. The molecule has 0 radical (unpaired) electrons. The molecule has 1 aliphatic heterocycles. The van der Waals surface area contributed by atoms with Gasteiger partial charge < -0.3 is 10.5 Å². The number of sulfonamides is 1. The van der Waals surface area contributed by atoms with Crippen molar-refractivity contribution in [2.75, 3.05) is 19.7 Å². The summed E-state index contributed by atoms with van der Waals surface area (Å²) in [5.74, 6) is 0. The van der Waals surface area contributed by atoms with Gasteiger partial charge in [-0.05, 0) is 40.0 Å². The van der Waals surface area contributed by atoms with Gasteiger partial charge in [-0.15, -0.1) is 0 Å². The Morgan fingerprint density at radius 2 is 2.25 bits per heavy atom. The van der Waals surface area contributed by atoms with Gasteiger partial charge in [-0.25, -0.2) is 8.42 Å². The first-order valence-electron chi connectivity index (χ1n) is 6.59. The van der Waals surface area contributed by atoms with Crippen molar-refractivity contribution in [3.63, 3.8) is 0 Å². The first-order valence-corrected chi connectivity index (χ1v) is 8.82. The lowest BCUT2D eigenvalue weighted by molar-refractivity contribution is -0.00279. The maximum Gasteiger partial charge on any atom is 0.244 e. The molecule has 1 fully saturated rings. The van der Waals surface area contributed by atoms with Crippen molar-refractivity contribution < 1.29 is 13.2 Å². The molecule has 1 saturated heterocycles. The summed E-state index contributed by atoms with van der Waals surface area (Å²) < 4.78 is 32.9. The third-order valence-corrected chi connectivity index (χ3v) is 6.25. The minimum atomic E-state index is -3.50. The van der Waals surface area contributed by atoms with Crippen LogP contribution in [0.25, 0.3) is 0 Å². The molecule has 0 aromatic heterocycles. The van der Waals surface area contributed by atoms with E-state index in [1.807, 2.05) is 6.92 Å². The predicted molar refractivity (Wildman–Crippen MR) is 80.8 cm³/mol. The zero-order valence-electron chi connectivity index (χ0n) is 11.4. The second-order valence-corrected chi connectivity index (χ2v) is 7.49. The second kappa shape index (κ2) is 6.53. The summed E-state index contributed by atoms with van der Waals surface area (Å²) in [7, 11) is -3.50. The Hall–Kier alpha value is -0.470. The van der Waals surface area contributed by atoms with Crippen molar-refractivity contribution in [2.24, 2.45) is 5.73 Å². The third kappa shape index (κ3) is 3.23. The molecule has 0 bridgehead atoms. The Morgan fingerprint density at radius 3 is 2.85 bits per heavy atom. The van der Waals surface area contributed by atoms with Crippen molar-refractivity contribution in [3.8, 4) is 0 Å². The Morgan fingerprint density at radius 1 is 1.50 bits per heavy atom. The van der Waals surface area contributed by atoms with Crippen LogP contribution in [-0.4, -0.2) is 38.5 Å². The smallest absolute Gasteiger partial charge is 0.244 e. The zero-order chi connectivity index (χ0) is 14.8. The van der Waals surface area contributed by atoms with E-state index >= 15 is 0 Å². The molecule has 20 heavy (non-hydrogen) atoms. The van der Waals surface area contributed by atoms with Crippen LogP contribution in [0.15, 0.2) is 27.6 Å². The van der Waals surface area contributed by atoms with Crippen molar-refractivity contribution in [1.82, 2.24) is 4.31 Å². The predicted octanol–water partition coefficient (Wildman–Crippen LogP) is 1.71. The summed E-state index contributed by atoms with van der Waals surface area (Å²) in [4.78, 5) is 0.284. The molecule has 2 rings (SSSR count). The van der Waals surface area contributed by atoms with E-state index in [2.05, 4.69) is 15.9 Å². The van der Waals surface area contributed by atoms with Crippen LogP contribution in [0.1, 0.15) is 18.9 Å². The summed E-state index contributed by atoms with van der Waals surface area (Å²) >= 11 is 3.33. The highest BCUT2D eigenvalue weighted by Crippen LogP contribution is 2.27. The maximum atomic E-state index is 12.7. The number of benzene rings is 1. The Balaban J connectivity index is 2.30. The fourth-order valence-corrected chi connectivity index (χ4v) is 4.72. The van der Waals surface area contributed by atoms with Crippen molar-refractivity contribution in [1.29, 1.82) is 0 Å². The molecular formula is C13H19BrN2O3S. The molecule has 2 N–H and O–H groups in total. The first kappa shape index (κ1) is 15.9. The molecule has 0 spiro atoms. The minimum absolute atomic E-state index is 0.0272. The van der Waals surface area contributed by atoms with E-state index in [-0.39, 0.29) is 11.0 Å². The van der Waals surface area contributed by atoms with Crippen molar-refractivity contribution in [2.45, 2.75) is 30.9 Å². The fourth-order valence-electron chi connectivity index (χ4n) is 2.18. The molecule has 112 valence electrons. The Labute approximate surface area is 128 Å². The Bertz CT molecular complexity index is 577. The molecule has 1 aromatic carbocycles.